The fraction of sp³-hybridized carbons (Fsp3) is 0.125. The number of benzene rings is 2. The molecule has 24 heavy (non-hydrogen) atoms. The molecule has 0 spiro atoms. The fourth-order valence-corrected chi connectivity index (χ4v) is 2.08. The third kappa shape index (κ3) is 5.54. The maximum absolute atomic E-state index is 13.6. The van der Waals surface area contributed by atoms with Crippen molar-refractivity contribution in [1.82, 2.24) is 0 Å². The lowest BCUT2D eigenvalue weighted by Crippen LogP contribution is -2.21. The molecule has 0 atom stereocenters. The van der Waals surface area contributed by atoms with Crippen molar-refractivity contribution >= 4 is 33.4 Å². The van der Waals surface area contributed by atoms with Crippen LogP contribution in [0.5, 0.6) is 11.5 Å². The molecule has 0 aliphatic rings. The van der Waals surface area contributed by atoms with Crippen molar-refractivity contribution in [2.24, 2.45) is 5.73 Å². The SMILES string of the molecule is NC(=O)COc1cccc(NC(=O)COc2ccc(Br)cc2F)c1. The normalized spacial score (nSPS) is 10.1. The van der Waals surface area contributed by atoms with Crippen LogP contribution >= 0.6 is 15.9 Å². The molecule has 0 heterocycles. The van der Waals surface area contributed by atoms with Gasteiger partial charge < -0.3 is 20.5 Å². The number of carbonyl (C=O) groups excluding carboxylic acids is 2. The predicted octanol–water partition coefficient (Wildman–Crippen LogP) is 2.47. The zero-order valence-electron chi connectivity index (χ0n) is 12.4. The van der Waals surface area contributed by atoms with Crippen molar-refractivity contribution in [1.29, 1.82) is 0 Å². The van der Waals surface area contributed by atoms with Crippen LogP contribution in [0.2, 0.25) is 0 Å². The zero-order chi connectivity index (χ0) is 17.5. The van der Waals surface area contributed by atoms with E-state index in [1.165, 1.54) is 18.2 Å². The van der Waals surface area contributed by atoms with E-state index in [0.29, 0.717) is 15.9 Å². The standard InChI is InChI=1S/C16H14BrFN2O4/c17-10-4-5-14(13(18)6-10)24-9-16(22)20-11-2-1-3-12(7-11)23-8-15(19)21/h1-7H,8-9H2,(H2,19,21)(H,20,22). The molecule has 0 unspecified atom stereocenters. The average Bonchev–Trinajstić information content (AvgIpc) is 2.52. The van der Waals surface area contributed by atoms with E-state index in [4.69, 9.17) is 15.2 Å². The molecule has 6 nitrogen and oxygen atoms in total. The molecule has 2 aromatic rings. The summed E-state index contributed by atoms with van der Waals surface area (Å²) in [6.45, 7) is -0.617. The predicted molar refractivity (Wildman–Crippen MR) is 89.4 cm³/mol. The first kappa shape index (κ1) is 17.7. The van der Waals surface area contributed by atoms with Crippen molar-refractivity contribution in [2.75, 3.05) is 18.5 Å². The summed E-state index contributed by atoms with van der Waals surface area (Å²) in [6.07, 6.45) is 0. The molecule has 0 aromatic heterocycles. The lowest BCUT2D eigenvalue weighted by Gasteiger charge is -2.10. The summed E-state index contributed by atoms with van der Waals surface area (Å²) >= 11 is 3.13. The molecule has 0 saturated carbocycles. The van der Waals surface area contributed by atoms with Gasteiger partial charge in [0.25, 0.3) is 11.8 Å². The van der Waals surface area contributed by atoms with Crippen LogP contribution in [-0.4, -0.2) is 25.0 Å². The molecule has 3 N–H and O–H groups in total. The zero-order valence-corrected chi connectivity index (χ0v) is 14.0. The number of hydrogen-bond acceptors (Lipinski definition) is 4. The highest BCUT2D eigenvalue weighted by Gasteiger charge is 2.08. The molecule has 0 aliphatic carbocycles. The van der Waals surface area contributed by atoms with Crippen molar-refractivity contribution in [3.8, 4) is 11.5 Å². The van der Waals surface area contributed by atoms with Crippen LogP contribution in [0.4, 0.5) is 10.1 Å². The smallest absolute Gasteiger partial charge is 0.262 e. The number of primary amides is 1. The molecule has 8 heteroatoms. The van der Waals surface area contributed by atoms with Crippen LogP contribution in [-0.2, 0) is 9.59 Å². The Morgan fingerprint density at radius 1 is 1.12 bits per heavy atom. The van der Waals surface area contributed by atoms with Gasteiger partial charge in [0.05, 0.1) is 0 Å². The Morgan fingerprint density at radius 3 is 2.62 bits per heavy atom. The fourth-order valence-electron chi connectivity index (χ4n) is 1.75. The number of rotatable bonds is 7. The van der Waals surface area contributed by atoms with E-state index in [9.17, 15) is 14.0 Å². The van der Waals surface area contributed by atoms with Gasteiger partial charge in [-0.15, -0.1) is 0 Å². The number of amides is 2. The van der Waals surface area contributed by atoms with Gasteiger partial charge in [0.2, 0.25) is 0 Å². The summed E-state index contributed by atoms with van der Waals surface area (Å²) in [5.74, 6) is -1.28. The van der Waals surface area contributed by atoms with Gasteiger partial charge in [-0.2, -0.15) is 0 Å². The highest BCUT2D eigenvalue weighted by molar-refractivity contribution is 9.10. The molecule has 0 radical (unpaired) electrons. The first-order valence-corrected chi connectivity index (χ1v) is 7.62. The average molecular weight is 397 g/mol. The van der Waals surface area contributed by atoms with Gasteiger partial charge >= 0.3 is 0 Å². The second-order valence-corrected chi connectivity index (χ2v) is 5.61. The van der Waals surface area contributed by atoms with E-state index in [1.807, 2.05) is 0 Å². The Kier molecular flexibility index (Phi) is 6.14. The second kappa shape index (κ2) is 8.30. The van der Waals surface area contributed by atoms with Gasteiger partial charge in [0, 0.05) is 16.2 Å². The topological polar surface area (TPSA) is 90.7 Å². The number of hydrogen-bond donors (Lipinski definition) is 2. The number of ether oxygens (including phenoxy) is 2. The molecule has 126 valence electrons. The van der Waals surface area contributed by atoms with Gasteiger partial charge in [-0.25, -0.2) is 4.39 Å². The third-order valence-corrected chi connectivity index (χ3v) is 3.24. The second-order valence-electron chi connectivity index (χ2n) is 4.69. The molecule has 2 aromatic carbocycles. The van der Waals surface area contributed by atoms with E-state index < -0.39 is 17.6 Å². The van der Waals surface area contributed by atoms with E-state index >= 15 is 0 Å². The Morgan fingerprint density at radius 2 is 1.92 bits per heavy atom. The lowest BCUT2D eigenvalue weighted by atomic mass is 10.3. The summed E-state index contributed by atoms with van der Waals surface area (Å²) in [6, 6.07) is 10.7. The molecule has 0 bridgehead atoms. The molecule has 0 fully saturated rings. The summed E-state index contributed by atoms with van der Waals surface area (Å²) in [7, 11) is 0. The number of anilines is 1. The molecule has 0 saturated heterocycles. The van der Waals surface area contributed by atoms with Crippen molar-refractivity contribution < 1.29 is 23.5 Å². The van der Waals surface area contributed by atoms with Gasteiger partial charge in [-0.1, -0.05) is 22.0 Å². The largest absolute Gasteiger partial charge is 0.484 e. The van der Waals surface area contributed by atoms with E-state index in [-0.39, 0.29) is 19.0 Å². The summed E-state index contributed by atoms with van der Waals surface area (Å²) < 4.78 is 24.4. The number of nitrogens with two attached hydrogens (primary N) is 1. The summed E-state index contributed by atoms with van der Waals surface area (Å²) in [5, 5.41) is 2.58. The molecule has 0 aliphatic heterocycles. The maximum atomic E-state index is 13.6. The van der Waals surface area contributed by atoms with Gasteiger partial charge in [-0.3, -0.25) is 9.59 Å². The van der Waals surface area contributed by atoms with Crippen molar-refractivity contribution in [3.05, 3.63) is 52.8 Å². The number of carbonyl (C=O) groups is 2. The van der Waals surface area contributed by atoms with Crippen LogP contribution in [0.3, 0.4) is 0 Å². The van der Waals surface area contributed by atoms with Crippen LogP contribution < -0.4 is 20.5 Å². The van der Waals surface area contributed by atoms with Crippen LogP contribution in [0.1, 0.15) is 0 Å². The van der Waals surface area contributed by atoms with Crippen LogP contribution in [0.15, 0.2) is 46.9 Å². The van der Waals surface area contributed by atoms with Gasteiger partial charge in [0.15, 0.2) is 24.8 Å². The first-order chi connectivity index (χ1) is 11.4. The maximum Gasteiger partial charge on any atom is 0.262 e. The van der Waals surface area contributed by atoms with Crippen LogP contribution in [0.25, 0.3) is 0 Å². The first-order valence-electron chi connectivity index (χ1n) is 6.83. The van der Waals surface area contributed by atoms with Crippen molar-refractivity contribution in [3.63, 3.8) is 0 Å². The Balaban J connectivity index is 1.90. The number of halogens is 2. The minimum absolute atomic E-state index is 0.0214. The van der Waals surface area contributed by atoms with E-state index in [1.54, 1.807) is 24.3 Å². The Labute approximate surface area is 145 Å². The Bertz CT molecular complexity index is 755. The van der Waals surface area contributed by atoms with Crippen molar-refractivity contribution in [2.45, 2.75) is 0 Å². The minimum Gasteiger partial charge on any atom is -0.484 e. The molecular formula is C16H14BrFN2O4. The quantitative estimate of drug-likeness (QED) is 0.751. The van der Waals surface area contributed by atoms with Crippen LogP contribution in [0, 0.1) is 5.82 Å². The summed E-state index contributed by atoms with van der Waals surface area (Å²) in [5.41, 5.74) is 5.44. The highest BCUT2D eigenvalue weighted by atomic mass is 79.9. The minimum atomic E-state index is -0.602. The highest BCUT2D eigenvalue weighted by Crippen LogP contribution is 2.21. The van der Waals surface area contributed by atoms with Gasteiger partial charge in [0.1, 0.15) is 5.75 Å². The molecule has 2 amide bonds. The Hall–Kier alpha value is -2.61. The number of nitrogens with one attached hydrogen (secondary N) is 1. The molecular weight excluding hydrogens is 383 g/mol. The molecule has 2 rings (SSSR count). The monoisotopic (exact) mass is 396 g/mol. The lowest BCUT2D eigenvalue weighted by molar-refractivity contribution is -0.120. The summed E-state index contributed by atoms with van der Waals surface area (Å²) in [4.78, 5) is 22.5. The third-order valence-electron chi connectivity index (χ3n) is 2.75. The van der Waals surface area contributed by atoms with E-state index in [0.717, 1.165) is 0 Å². The van der Waals surface area contributed by atoms with E-state index in [2.05, 4.69) is 21.2 Å². The van der Waals surface area contributed by atoms with Gasteiger partial charge in [-0.05, 0) is 30.3 Å².